The van der Waals surface area contributed by atoms with Crippen LogP contribution in [0.15, 0.2) is 54.6 Å². The summed E-state index contributed by atoms with van der Waals surface area (Å²) in [7, 11) is 0. The van der Waals surface area contributed by atoms with Crippen molar-refractivity contribution in [3.8, 4) is 5.69 Å². The first-order valence-electron chi connectivity index (χ1n) is 8.95. The lowest BCUT2D eigenvalue weighted by molar-refractivity contribution is 0.0943. The SMILES string of the molecule is Cc1nn(-c2ccccc2)c(C(=O)NCc2ccc(C(C)(C)C)cc2)c1Cl. The summed E-state index contributed by atoms with van der Waals surface area (Å²) in [5.74, 6) is -0.246. The predicted molar refractivity (Wildman–Crippen MR) is 110 cm³/mol. The first-order valence-corrected chi connectivity index (χ1v) is 9.33. The number of halogens is 1. The lowest BCUT2D eigenvalue weighted by Gasteiger charge is -2.19. The molecule has 27 heavy (non-hydrogen) atoms. The lowest BCUT2D eigenvalue weighted by atomic mass is 9.87. The Balaban J connectivity index is 1.79. The smallest absolute Gasteiger partial charge is 0.271 e. The third kappa shape index (κ3) is 4.22. The van der Waals surface area contributed by atoms with Crippen LogP contribution < -0.4 is 5.32 Å². The minimum absolute atomic E-state index is 0.106. The monoisotopic (exact) mass is 381 g/mol. The van der Waals surface area contributed by atoms with E-state index in [2.05, 4.69) is 43.3 Å². The van der Waals surface area contributed by atoms with E-state index < -0.39 is 0 Å². The van der Waals surface area contributed by atoms with Crippen LogP contribution >= 0.6 is 11.6 Å². The maximum atomic E-state index is 12.8. The molecule has 4 nitrogen and oxygen atoms in total. The molecule has 5 heteroatoms. The minimum atomic E-state index is -0.246. The van der Waals surface area contributed by atoms with Gasteiger partial charge in [-0.15, -0.1) is 0 Å². The maximum absolute atomic E-state index is 12.8. The van der Waals surface area contributed by atoms with Gasteiger partial charge in [0.2, 0.25) is 0 Å². The summed E-state index contributed by atoms with van der Waals surface area (Å²) in [6, 6.07) is 17.8. The average Bonchev–Trinajstić information content (AvgIpc) is 2.95. The summed E-state index contributed by atoms with van der Waals surface area (Å²) in [6.45, 7) is 8.76. The highest BCUT2D eigenvalue weighted by atomic mass is 35.5. The molecule has 2 aromatic carbocycles. The van der Waals surface area contributed by atoms with Crippen LogP contribution in [0.1, 0.15) is 48.1 Å². The number of benzene rings is 2. The van der Waals surface area contributed by atoms with Crippen molar-refractivity contribution < 1.29 is 4.79 Å². The highest BCUT2D eigenvalue weighted by molar-refractivity contribution is 6.34. The van der Waals surface area contributed by atoms with E-state index in [1.807, 2.05) is 42.5 Å². The van der Waals surface area contributed by atoms with Gasteiger partial charge < -0.3 is 5.32 Å². The largest absolute Gasteiger partial charge is 0.347 e. The van der Waals surface area contributed by atoms with Gasteiger partial charge in [0.05, 0.1) is 16.4 Å². The summed E-state index contributed by atoms with van der Waals surface area (Å²) >= 11 is 6.37. The Kier molecular flexibility index (Phi) is 5.38. The number of nitrogens with zero attached hydrogens (tertiary/aromatic N) is 2. The highest BCUT2D eigenvalue weighted by Gasteiger charge is 2.21. The van der Waals surface area contributed by atoms with Gasteiger partial charge >= 0.3 is 0 Å². The van der Waals surface area contributed by atoms with Crippen LogP contribution in [-0.4, -0.2) is 15.7 Å². The van der Waals surface area contributed by atoms with Gasteiger partial charge in [-0.2, -0.15) is 5.10 Å². The van der Waals surface area contributed by atoms with E-state index in [0.717, 1.165) is 11.3 Å². The van der Waals surface area contributed by atoms with Crippen molar-refractivity contribution >= 4 is 17.5 Å². The number of hydrogen-bond acceptors (Lipinski definition) is 2. The molecule has 1 amide bonds. The lowest BCUT2D eigenvalue weighted by Crippen LogP contribution is -2.26. The van der Waals surface area contributed by atoms with Crippen molar-refractivity contribution in [1.29, 1.82) is 0 Å². The van der Waals surface area contributed by atoms with Crippen molar-refractivity contribution in [2.45, 2.75) is 39.7 Å². The fraction of sp³-hybridized carbons (Fsp3) is 0.273. The van der Waals surface area contributed by atoms with Crippen LogP contribution in [0.2, 0.25) is 5.02 Å². The topological polar surface area (TPSA) is 46.9 Å². The molecule has 1 aromatic heterocycles. The van der Waals surface area contributed by atoms with Crippen molar-refractivity contribution in [2.75, 3.05) is 0 Å². The number of rotatable bonds is 4. The minimum Gasteiger partial charge on any atom is -0.347 e. The van der Waals surface area contributed by atoms with Gasteiger partial charge in [0.1, 0.15) is 0 Å². The van der Waals surface area contributed by atoms with Gasteiger partial charge in [-0.25, -0.2) is 4.68 Å². The summed E-state index contributed by atoms with van der Waals surface area (Å²) in [6.07, 6.45) is 0. The number of aryl methyl sites for hydroxylation is 1. The normalized spacial score (nSPS) is 11.4. The highest BCUT2D eigenvalue weighted by Crippen LogP contribution is 2.24. The Hall–Kier alpha value is -2.59. The molecule has 0 saturated carbocycles. The second-order valence-electron chi connectivity index (χ2n) is 7.62. The fourth-order valence-electron chi connectivity index (χ4n) is 2.85. The van der Waals surface area contributed by atoms with E-state index in [9.17, 15) is 4.79 Å². The third-order valence-corrected chi connectivity index (χ3v) is 4.93. The van der Waals surface area contributed by atoms with Gasteiger partial charge in [-0.1, -0.05) is 74.8 Å². The summed E-state index contributed by atoms with van der Waals surface area (Å²) in [4.78, 5) is 12.8. The molecular formula is C22H24ClN3O. The van der Waals surface area contributed by atoms with Crippen LogP contribution in [-0.2, 0) is 12.0 Å². The number of aromatic nitrogens is 2. The second kappa shape index (κ2) is 7.57. The zero-order valence-corrected chi connectivity index (χ0v) is 16.8. The van der Waals surface area contributed by atoms with Crippen molar-refractivity contribution in [1.82, 2.24) is 15.1 Å². The quantitative estimate of drug-likeness (QED) is 0.686. The van der Waals surface area contributed by atoms with E-state index in [4.69, 9.17) is 11.6 Å². The number of carbonyl (C=O) groups is 1. The van der Waals surface area contributed by atoms with E-state index >= 15 is 0 Å². The van der Waals surface area contributed by atoms with Crippen LogP contribution in [0.5, 0.6) is 0 Å². The second-order valence-corrected chi connectivity index (χ2v) is 8.00. The Morgan fingerprint density at radius 3 is 2.30 bits per heavy atom. The van der Waals surface area contributed by atoms with E-state index in [1.165, 1.54) is 5.56 Å². The number of carbonyl (C=O) groups excluding carboxylic acids is 1. The standard InChI is InChI=1S/C22H24ClN3O/c1-15-19(23)20(26(25-15)18-8-6-5-7-9-18)21(27)24-14-16-10-12-17(13-11-16)22(2,3)4/h5-13H,14H2,1-4H3,(H,24,27). The van der Waals surface area contributed by atoms with E-state index in [0.29, 0.717) is 23.0 Å². The first-order chi connectivity index (χ1) is 12.8. The average molecular weight is 382 g/mol. The summed E-state index contributed by atoms with van der Waals surface area (Å²) in [5.41, 5.74) is 4.18. The van der Waals surface area contributed by atoms with Crippen LogP contribution in [0, 0.1) is 6.92 Å². The molecule has 0 fully saturated rings. The molecule has 0 aliphatic rings. The molecule has 140 valence electrons. The molecule has 0 spiro atoms. The fourth-order valence-corrected chi connectivity index (χ4v) is 3.05. The van der Waals surface area contributed by atoms with Crippen molar-refractivity contribution in [2.24, 2.45) is 0 Å². The van der Waals surface area contributed by atoms with E-state index in [-0.39, 0.29) is 11.3 Å². The molecule has 0 atom stereocenters. The van der Waals surface area contributed by atoms with Gasteiger partial charge in [0.25, 0.3) is 5.91 Å². The van der Waals surface area contributed by atoms with Gasteiger partial charge in [0, 0.05) is 6.54 Å². The van der Waals surface area contributed by atoms with Crippen molar-refractivity contribution in [3.63, 3.8) is 0 Å². The Morgan fingerprint density at radius 2 is 1.70 bits per heavy atom. The zero-order chi connectivity index (χ0) is 19.6. The summed E-state index contributed by atoms with van der Waals surface area (Å²) in [5, 5.41) is 7.75. The number of hydrogen-bond donors (Lipinski definition) is 1. The van der Waals surface area contributed by atoms with E-state index in [1.54, 1.807) is 11.6 Å². The number of amides is 1. The maximum Gasteiger partial charge on any atom is 0.271 e. The number of para-hydroxylation sites is 1. The van der Waals surface area contributed by atoms with Crippen LogP contribution in [0.25, 0.3) is 5.69 Å². The Bertz CT molecular complexity index is 938. The zero-order valence-electron chi connectivity index (χ0n) is 16.1. The third-order valence-electron chi connectivity index (χ3n) is 4.48. The molecule has 1 heterocycles. The molecule has 0 unspecified atom stereocenters. The van der Waals surface area contributed by atoms with Crippen molar-refractivity contribution in [3.05, 3.63) is 82.1 Å². The molecule has 0 radical (unpaired) electrons. The molecule has 3 rings (SSSR count). The number of nitrogens with one attached hydrogen (secondary N) is 1. The molecular weight excluding hydrogens is 358 g/mol. The Labute approximate surface area is 165 Å². The van der Waals surface area contributed by atoms with Gasteiger partial charge in [-0.3, -0.25) is 4.79 Å². The molecule has 0 saturated heterocycles. The predicted octanol–water partition coefficient (Wildman–Crippen LogP) is 5.06. The molecule has 3 aromatic rings. The first kappa shape index (κ1) is 19.2. The molecule has 0 aliphatic heterocycles. The summed E-state index contributed by atoms with van der Waals surface area (Å²) < 4.78 is 1.59. The van der Waals surface area contributed by atoms with Crippen LogP contribution in [0.4, 0.5) is 0 Å². The van der Waals surface area contributed by atoms with Crippen LogP contribution in [0.3, 0.4) is 0 Å². The molecule has 1 N–H and O–H groups in total. The Morgan fingerprint density at radius 1 is 1.07 bits per heavy atom. The van der Waals surface area contributed by atoms with Gasteiger partial charge in [0.15, 0.2) is 5.69 Å². The molecule has 0 bridgehead atoms. The molecule has 0 aliphatic carbocycles. The van der Waals surface area contributed by atoms with Gasteiger partial charge in [-0.05, 0) is 35.6 Å².